The van der Waals surface area contributed by atoms with Crippen molar-refractivity contribution in [3.63, 3.8) is 0 Å². The van der Waals surface area contributed by atoms with Gasteiger partial charge in [-0.3, -0.25) is 4.79 Å². The SMILES string of the molecule is CC(=O)O[C@H]1[C@H]2O[C@@]23[C@@H]2CC[C@H]4C[C@@H](O)CC[C@]4(C)[C@H]2CC[C@]3(C)[C@H]1c1ccc(=O)oc1. The number of hydrogen-bond acceptors (Lipinski definition) is 6. The molecule has 5 fully saturated rings. The fourth-order valence-corrected chi connectivity index (χ4v) is 9.10. The predicted molar refractivity (Wildman–Crippen MR) is 116 cm³/mol. The Morgan fingerprint density at radius 3 is 2.66 bits per heavy atom. The third kappa shape index (κ3) is 2.54. The first-order valence-electron chi connectivity index (χ1n) is 12.3. The molecule has 0 unspecified atom stereocenters. The van der Waals surface area contributed by atoms with Gasteiger partial charge in [0.05, 0.1) is 12.4 Å². The van der Waals surface area contributed by atoms with Crippen LogP contribution in [0.3, 0.4) is 0 Å². The lowest BCUT2D eigenvalue weighted by atomic mass is 9.44. The maximum Gasteiger partial charge on any atom is 0.335 e. The van der Waals surface area contributed by atoms with Crippen LogP contribution in [0, 0.1) is 28.6 Å². The van der Waals surface area contributed by atoms with Crippen molar-refractivity contribution in [3.8, 4) is 0 Å². The molecule has 1 N–H and O–H groups in total. The van der Waals surface area contributed by atoms with Gasteiger partial charge in [-0.1, -0.05) is 13.8 Å². The fraction of sp³-hybridized carbons (Fsp3) is 0.769. The lowest BCUT2D eigenvalue weighted by Gasteiger charge is -2.61. The lowest BCUT2D eigenvalue weighted by Crippen LogP contribution is -2.58. The zero-order valence-electron chi connectivity index (χ0n) is 19.2. The van der Waals surface area contributed by atoms with E-state index in [0.717, 1.165) is 50.5 Å². The van der Waals surface area contributed by atoms with E-state index in [-0.39, 0.29) is 52.3 Å². The van der Waals surface area contributed by atoms with Crippen molar-refractivity contribution in [3.05, 3.63) is 34.4 Å². The van der Waals surface area contributed by atoms with E-state index in [9.17, 15) is 14.7 Å². The second-order valence-electron chi connectivity index (χ2n) is 11.6. The molecule has 1 aromatic rings. The number of esters is 1. The quantitative estimate of drug-likeness (QED) is 0.554. The molecule has 0 amide bonds. The summed E-state index contributed by atoms with van der Waals surface area (Å²) < 4.78 is 17.8. The molecular weight excluding hydrogens is 408 g/mol. The van der Waals surface area contributed by atoms with Crippen molar-refractivity contribution in [2.75, 3.05) is 0 Å². The molecule has 6 heteroatoms. The van der Waals surface area contributed by atoms with E-state index in [1.165, 1.54) is 13.0 Å². The highest BCUT2D eigenvalue weighted by Gasteiger charge is 2.84. The van der Waals surface area contributed by atoms with E-state index in [1.807, 2.05) is 6.07 Å². The summed E-state index contributed by atoms with van der Waals surface area (Å²) in [6.07, 6.45) is 8.20. The van der Waals surface area contributed by atoms with Crippen LogP contribution in [0.1, 0.15) is 77.2 Å². The van der Waals surface area contributed by atoms with Gasteiger partial charge in [-0.2, -0.15) is 0 Å². The van der Waals surface area contributed by atoms with Crippen LogP contribution < -0.4 is 5.63 Å². The molecule has 2 heterocycles. The summed E-state index contributed by atoms with van der Waals surface area (Å²) >= 11 is 0. The molecular formula is C26H34O6. The summed E-state index contributed by atoms with van der Waals surface area (Å²) in [6, 6.07) is 3.30. The summed E-state index contributed by atoms with van der Waals surface area (Å²) in [7, 11) is 0. The van der Waals surface area contributed by atoms with E-state index in [1.54, 1.807) is 6.26 Å². The van der Waals surface area contributed by atoms with Crippen molar-refractivity contribution in [2.24, 2.45) is 28.6 Å². The summed E-state index contributed by atoms with van der Waals surface area (Å²) in [5.74, 6) is 1.24. The number of hydrogen-bond donors (Lipinski definition) is 1. The summed E-state index contributed by atoms with van der Waals surface area (Å²) in [5, 5.41) is 10.3. The summed E-state index contributed by atoms with van der Waals surface area (Å²) in [6.45, 7) is 6.23. The topological polar surface area (TPSA) is 89.3 Å². The Balaban J connectivity index is 1.41. The van der Waals surface area contributed by atoms with E-state index >= 15 is 0 Å². The molecule has 4 aliphatic carbocycles. The highest BCUT2D eigenvalue weighted by Crippen LogP contribution is 2.78. The monoisotopic (exact) mass is 442 g/mol. The third-order valence-corrected chi connectivity index (χ3v) is 10.5. The Hall–Kier alpha value is -1.66. The van der Waals surface area contributed by atoms with Crippen LogP contribution in [0.25, 0.3) is 0 Å². The lowest BCUT2D eigenvalue weighted by molar-refractivity contribution is -0.158. The number of ether oxygens (including phenoxy) is 2. The average molecular weight is 443 g/mol. The van der Waals surface area contributed by atoms with Gasteiger partial charge in [0.1, 0.15) is 17.8 Å². The maximum absolute atomic E-state index is 12.1. The van der Waals surface area contributed by atoms with Gasteiger partial charge in [0.15, 0.2) is 0 Å². The summed E-state index contributed by atoms with van der Waals surface area (Å²) in [4.78, 5) is 23.7. The Kier molecular flexibility index (Phi) is 4.37. The van der Waals surface area contributed by atoms with E-state index in [2.05, 4.69) is 13.8 Å². The van der Waals surface area contributed by atoms with Gasteiger partial charge in [-0.25, -0.2) is 4.79 Å². The molecule has 174 valence electrons. The minimum Gasteiger partial charge on any atom is -0.459 e. The normalized spacial score (nSPS) is 51.1. The van der Waals surface area contributed by atoms with Crippen molar-refractivity contribution in [1.29, 1.82) is 0 Å². The molecule has 5 aliphatic rings. The number of fused-ring (bicyclic) bond motifs is 3. The predicted octanol–water partition coefficient (Wildman–Crippen LogP) is 3.80. The molecule has 1 saturated heterocycles. The molecule has 4 saturated carbocycles. The standard InChI is InChI=1S/C26H34O6/c1-14(27)31-22-21(15-4-7-20(29)30-13-15)25(3)11-9-18-19(26(25)23(22)32-26)6-5-16-12-17(28)8-10-24(16,18)2/h4,7,13,16-19,21-23,28H,5-6,8-12H2,1-3H3/t16-,17-,18-,19+,21-,22+,23+,24-,25+,26-/m0/s1. The van der Waals surface area contributed by atoms with Crippen LogP contribution in [-0.4, -0.2) is 35.0 Å². The van der Waals surface area contributed by atoms with Crippen LogP contribution in [0.15, 0.2) is 27.6 Å². The number of rotatable bonds is 2. The Morgan fingerprint density at radius 2 is 1.94 bits per heavy atom. The van der Waals surface area contributed by atoms with Gasteiger partial charge in [0.2, 0.25) is 0 Å². The number of aliphatic hydroxyl groups is 1. The minimum absolute atomic E-state index is 0.0471. The van der Waals surface area contributed by atoms with Crippen molar-refractivity contribution in [1.82, 2.24) is 0 Å². The largest absolute Gasteiger partial charge is 0.459 e. The first kappa shape index (κ1) is 20.9. The maximum atomic E-state index is 12.1. The van der Waals surface area contributed by atoms with Crippen LogP contribution in [0.4, 0.5) is 0 Å². The molecule has 10 atom stereocenters. The Morgan fingerprint density at radius 1 is 1.12 bits per heavy atom. The smallest absolute Gasteiger partial charge is 0.335 e. The fourth-order valence-electron chi connectivity index (χ4n) is 9.10. The first-order valence-corrected chi connectivity index (χ1v) is 12.3. The van der Waals surface area contributed by atoms with Crippen LogP contribution >= 0.6 is 0 Å². The van der Waals surface area contributed by atoms with Crippen LogP contribution in [-0.2, 0) is 14.3 Å². The molecule has 32 heavy (non-hydrogen) atoms. The van der Waals surface area contributed by atoms with E-state index in [0.29, 0.717) is 17.8 Å². The van der Waals surface area contributed by atoms with Gasteiger partial charge in [-0.05, 0) is 79.7 Å². The van der Waals surface area contributed by atoms with Crippen molar-refractivity contribution in [2.45, 2.75) is 95.5 Å². The number of epoxide rings is 1. The zero-order valence-corrected chi connectivity index (χ0v) is 19.2. The molecule has 0 aromatic carbocycles. The summed E-state index contributed by atoms with van der Waals surface area (Å²) in [5.41, 5.74) is 0.319. The van der Waals surface area contributed by atoms with Gasteiger partial charge in [0, 0.05) is 24.3 Å². The average Bonchev–Trinajstić information content (AvgIpc) is 3.44. The Bertz CT molecular complexity index is 982. The van der Waals surface area contributed by atoms with E-state index < -0.39 is 0 Å². The van der Waals surface area contributed by atoms with Gasteiger partial charge in [-0.15, -0.1) is 0 Å². The second kappa shape index (κ2) is 6.69. The third-order valence-electron chi connectivity index (χ3n) is 10.5. The minimum atomic E-state index is -0.369. The van der Waals surface area contributed by atoms with Crippen LogP contribution in [0.2, 0.25) is 0 Å². The first-order chi connectivity index (χ1) is 15.2. The molecule has 1 spiro atoms. The number of carbonyl (C=O) groups is 1. The van der Waals surface area contributed by atoms with Crippen molar-refractivity contribution >= 4 is 5.97 Å². The highest BCUT2D eigenvalue weighted by molar-refractivity contribution is 5.66. The van der Waals surface area contributed by atoms with Gasteiger partial charge < -0.3 is 19.0 Å². The number of carbonyl (C=O) groups excluding carboxylic acids is 1. The molecule has 1 aliphatic heterocycles. The van der Waals surface area contributed by atoms with E-state index in [4.69, 9.17) is 13.9 Å². The van der Waals surface area contributed by atoms with Gasteiger partial charge >= 0.3 is 11.6 Å². The molecule has 0 bridgehead atoms. The number of aliphatic hydroxyl groups excluding tert-OH is 1. The Labute approximate surface area is 188 Å². The molecule has 6 nitrogen and oxygen atoms in total. The van der Waals surface area contributed by atoms with Gasteiger partial charge in [0.25, 0.3) is 0 Å². The highest BCUT2D eigenvalue weighted by atomic mass is 16.7. The zero-order chi connectivity index (χ0) is 22.5. The van der Waals surface area contributed by atoms with Crippen molar-refractivity contribution < 1.29 is 23.8 Å². The molecule has 1 aromatic heterocycles. The molecule has 0 radical (unpaired) electrons. The second-order valence-corrected chi connectivity index (χ2v) is 11.6. The van der Waals surface area contributed by atoms with Crippen LogP contribution in [0.5, 0.6) is 0 Å². The molecule has 6 rings (SSSR count).